The number of unbranched alkanes of at least 4 members (excludes halogenated alkanes) is 1. The number of aryl methyl sites for hydroxylation is 2. The quantitative estimate of drug-likeness (QED) is 0.888. The molecule has 0 aromatic carbocycles. The predicted molar refractivity (Wildman–Crippen MR) is 80.5 cm³/mol. The molecule has 4 nitrogen and oxygen atoms in total. The first-order valence-corrected chi connectivity index (χ1v) is 7.72. The highest BCUT2D eigenvalue weighted by Gasteiger charge is 2.25. The lowest BCUT2D eigenvalue weighted by atomic mass is 9.94. The number of aromatic nitrogens is 2. The largest absolute Gasteiger partial charge is 0.341 e. The van der Waals surface area contributed by atoms with Gasteiger partial charge in [0.25, 0.3) is 0 Å². The minimum atomic E-state index is 0.273. The zero-order chi connectivity index (χ0) is 13.8. The normalized spacial score (nSPS) is 23.9. The van der Waals surface area contributed by atoms with E-state index in [2.05, 4.69) is 36.4 Å². The lowest BCUT2D eigenvalue weighted by Crippen LogP contribution is -2.48. The van der Waals surface area contributed by atoms with E-state index in [-0.39, 0.29) is 6.04 Å². The van der Waals surface area contributed by atoms with E-state index in [1.807, 2.05) is 0 Å². The van der Waals surface area contributed by atoms with Crippen molar-refractivity contribution in [1.82, 2.24) is 9.55 Å². The van der Waals surface area contributed by atoms with Crippen LogP contribution in [0.4, 0.5) is 5.95 Å². The number of anilines is 1. The zero-order valence-corrected chi connectivity index (χ0v) is 12.6. The van der Waals surface area contributed by atoms with Gasteiger partial charge in [-0.15, -0.1) is 0 Å². The summed E-state index contributed by atoms with van der Waals surface area (Å²) in [6, 6.07) is 0.273. The number of imidazole rings is 1. The number of hydrogen-bond donors (Lipinski definition) is 1. The number of hydrogen-bond acceptors (Lipinski definition) is 3. The van der Waals surface area contributed by atoms with Crippen molar-refractivity contribution >= 4 is 5.95 Å². The molecule has 0 bridgehead atoms. The second-order valence-electron chi connectivity index (χ2n) is 5.81. The van der Waals surface area contributed by atoms with E-state index < -0.39 is 0 Å². The molecular formula is C15H28N4. The molecule has 108 valence electrons. The Hall–Kier alpha value is -1.03. The van der Waals surface area contributed by atoms with Crippen LogP contribution in [0.1, 0.15) is 45.7 Å². The fourth-order valence-electron chi connectivity index (χ4n) is 2.66. The van der Waals surface area contributed by atoms with Crippen molar-refractivity contribution in [2.45, 2.75) is 59.0 Å². The predicted octanol–water partition coefficient (Wildman–Crippen LogP) is 2.42. The molecule has 0 saturated carbocycles. The second-order valence-corrected chi connectivity index (χ2v) is 5.81. The van der Waals surface area contributed by atoms with Gasteiger partial charge in [0, 0.05) is 31.9 Å². The molecular weight excluding hydrogens is 236 g/mol. The maximum atomic E-state index is 6.22. The maximum Gasteiger partial charge on any atom is 0.205 e. The van der Waals surface area contributed by atoms with Crippen LogP contribution in [-0.4, -0.2) is 28.7 Å². The molecule has 1 aliphatic rings. The standard InChI is InChI=1S/C15H28N4/c1-4-6-8-18-10-13(5-2)17-15(18)19-9-7-12(3)14(16)11-19/h10,12,14H,4-9,11,16H2,1-3H3. The molecule has 1 fully saturated rings. The number of nitrogens with two attached hydrogens (primary N) is 1. The monoisotopic (exact) mass is 264 g/mol. The molecule has 2 N–H and O–H groups in total. The van der Waals surface area contributed by atoms with Crippen LogP contribution in [0, 0.1) is 5.92 Å². The summed E-state index contributed by atoms with van der Waals surface area (Å²) in [4.78, 5) is 7.17. The van der Waals surface area contributed by atoms with E-state index in [9.17, 15) is 0 Å². The van der Waals surface area contributed by atoms with E-state index in [4.69, 9.17) is 10.7 Å². The smallest absolute Gasteiger partial charge is 0.205 e. The third-order valence-corrected chi connectivity index (χ3v) is 4.22. The van der Waals surface area contributed by atoms with Gasteiger partial charge >= 0.3 is 0 Å². The Kier molecular flexibility index (Phi) is 4.86. The Morgan fingerprint density at radius 1 is 1.42 bits per heavy atom. The molecule has 1 saturated heterocycles. The van der Waals surface area contributed by atoms with Gasteiger partial charge in [-0.3, -0.25) is 0 Å². The minimum absolute atomic E-state index is 0.273. The highest BCUT2D eigenvalue weighted by atomic mass is 15.3. The highest BCUT2D eigenvalue weighted by Crippen LogP contribution is 2.23. The average molecular weight is 264 g/mol. The third-order valence-electron chi connectivity index (χ3n) is 4.22. The fourth-order valence-corrected chi connectivity index (χ4v) is 2.66. The molecule has 0 radical (unpaired) electrons. The number of piperidine rings is 1. The lowest BCUT2D eigenvalue weighted by molar-refractivity contribution is 0.373. The summed E-state index contributed by atoms with van der Waals surface area (Å²) in [6.07, 6.45) is 6.82. The molecule has 2 heterocycles. The molecule has 19 heavy (non-hydrogen) atoms. The van der Waals surface area contributed by atoms with E-state index in [1.165, 1.54) is 25.0 Å². The van der Waals surface area contributed by atoms with E-state index in [0.717, 1.165) is 32.0 Å². The van der Waals surface area contributed by atoms with E-state index in [0.29, 0.717) is 5.92 Å². The molecule has 1 aromatic rings. The van der Waals surface area contributed by atoms with Gasteiger partial charge in [-0.2, -0.15) is 0 Å². The third kappa shape index (κ3) is 3.30. The van der Waals surface area contributed by atoms with Crippen LogP contribution >= 0.6 is 0 Å². The van der Waals surface area contributed by atoms with Crippen LogP contribution in [0.2, 0.25) is 0 Å². The van der Waals surface area contributed by atoms with Gasteiger partial charge in [0.1, 0.15) is 0 Å². The molecule has 4 heteroatoms. The van der Waals surface area contributed by atoms with Crippen molar-refractivity contribution < 1.29 is 0 Å². The first-order valence-electron chi connectivity index (χ1n) is 7.72. The topological polar surface area (TPSA) is 47.1 Å². The molecule has 1 aromatic heterocycles. The Labute approximate surface area is 117 Å². The van der Waals surface area contributed by atoms with Crippen molar-refractivity contribution in [2.75, 3.05) is 18.0 Å². The van der Waals surface area contributed by atoms with Gasteiger partial charge in [-0.05, 0) is 25.2 Å². The Morgan fingerprint density at radius 3 is 2.84 bits per heavy atom. The Bertz CT molecular complexity index is 399. The van der Waals surface area contributed by atoms with Crippen molar-refractivity contribution in [2.24, 2.45) is 11.7 Å². The van der Waals surface area contributed by atoms with Crippen LogP contribution in [0.5, 0.6) is 0 Å². The summed E-state index contributed by atoms with van der Waals surface area (Å²) >= 11 is 0. The molecule has 0 aliphatic carbocycles. The molecule has 0 spiro atoms. The van der Waals surface area contributed by atoms with Gasteiger partial charge in [0.05, 0.1) is 5.69 Å². The van der Waals surface area contributed by atoms with Crippen LogP contribution in [0.15, 0.2) is 6.20 Å². The number of rotatable bonds is 5. The summed E-state index contributed by atoms with van der Waals surface area (Å²) in [5.41, 5.74) is 7.41. The lowest BCUT2D eigenvalue weighted by Gasteiger charge is -2.35. The Balaban J connectivity index is 2.15. The summed E-state index contributed by atoms with van der Waals surface area (Å²) in [6.45, 7) is 9.74. The molecule has 2 atom stereocenters. The molecule has 0 amide bonds. The van der Waals surface area contributed by atoms with Crippen LogP contribution in [0.25, 0.3) is 0 Å². The van der Waals surface area contributed by atoms with Gasteiger partial charge in [-0.25, -0.2) is 4.98 Å². The minimum Gasteiger partial charge on any atom is -0.341 e. The molecule has 2 unspecified atom stereocenters. The summed E-state index contributed by atoms with van der Waals surface area (Å²) in [5, 5.41) is 0. The van der Waals surface area contributed by atoms with Gasteiger partial charge in [-0.1, -0.05) is 27.2 Å². The summed E-state index contributed by atoms with van der Waals surface area (Å²) < 4.78 is 2.32. The van der Waals surface area contributed by atoms with Crippen LogP contribution < -0.4 is 10.6 Å². The summed E-state index contributed by atoms with van der Waals surface area (Å²) in [5.74, 6) is 1.76. The average Bonchev–Trinajstić information content (AvgIpc) is 2.83. The van der Waals surface area contributed by atoms with Crippen LogP contribution in [0.3, 0.4) is 0 Å². The molecule has 1 aliphatic heterocycles. The zero-order valence-electron chi connectivity index (χ0n) is 12.6. The number of nitrogens with zero attached hydrogens (tertiary/aromatic N) is 3. The summed E-state index contributed by atoms with van der Waals surface area (Å²) in [7, 11) is 0. The van der Waals surface area contributed by atoms with E-state index >= 15 is 0 Å². The SMILES string of the molecule is CCCCn1cc(CC)nc1N1CCC(C)C(N)C1. The second kappa shape index (κ2) is 6.42. The maximum absolute atomic E-state index is 6.22. The first kappa shape index (κ1) is 14.4. The van der Waals surface area contributed by atoms with Gasteiger partial charge in [0.15, 0.2) is 0 Å². The first-order chi connectivity index (χ1) is 9.15. The van der Waals surface area contributed by atoms with Crippen molar-refractivity contribution in [1.29, 1.82) is 0 Å². The van der Waals surface area contributed by atoms with E-state index in [1.54, 1.807) is 0 Å². The van der Waals surface area contributed by atoms with Crippen molar-refractivity contribution in [3.05, 3.63) is 11.9 Å². The highest BCUT2D eigenvalue weighted by molar-refractivity contribution is 5.35. The van der Waals surface area contributed by atoms with Gasteiger partial charge in [0.2, 0.25) is 5.95 Å². The fraction of sp³-hybridized carbons (Fsp3) is 0.800. The van der Waals surface area contributed by atoms with Crippen molar-refractivity contribution in [3.8, 4) is 0 Å². The van der Waals surface area contributed by atoms with Gasteiger partial charge < -0.3 is 15.2 Å². The Morgan fingerprint density at radius 2 is 2.21 bits per heavy atom. The molecule has 2 rings (SSSR count). The van der Waals surface area contributed by atoms with Crippen molar-refractivity contribution in [3.63, 3.8) is 0 Å². The van der Waals surface area contributed by atoms with Crippen LogP contribution in [-0.2, 0) is 13.0 Å².